The second kappa shape index (κ2) is 17.4. The van der Waals surface area contributed by atoms with Crippen LogP contribution in [-0.4, -0.2) is 62.6 Å². The molecule has 2 rings (SSSR count). The van der Waals surface area contributed by atoms with Crippen molar-refractivity contribution in [3.8, 4) is 0 Å². The molecule has 6 atom stereocenters. The SMILES string of the molecule is CC(C)C/C=C\C(C)[C@H]1OC(C)(C)O[C@H]1CCO.CC(C)C/C=C\C(C)[C@H]1OC(C)(C)O[C@H]1CCO[Si](C)(C)C(C)(C)C. The van der Waals surface area contributed by atoms with Crippen LogP contribution in [0, 0.1) is 23.7 Å². The first kappa shape index (κ1) is 40.5. The molecule has 254 valence electrons. The first-order valence-electron chi connectivity index (χ1n) is 16.9. The molecule has 2 fully saturated rings. The lowest BCUT2D eigenvalue weighted by molar-refractivity contribution is -0.150. The van der Waals surface area contributed by atoms with Gasteiger partial charge in [0, 0.05) is 25.0 Å². The van der Waals surface area contributed by atoms with E-state index in [9.17, 15) is 0 Å². The molecule has 0 radical (unpaired) electrons. The van der Waals surface area contributed by atoms with Gasteiger partial charge in [-0.3, -0.25) is 0 Å². The van der Waals surface area contributed by atoms with Gasteiger partial charge in [-0.15, -0.1) is 0 Å². The van der Waals surface area contributed by atoms with Crippen LogP contribution < -0.4 is 0 Å². The summed E-state index contributed by atoms with van der Waals surface area (Å²) in [6.07, 6.45) is 13.0. The number of rotatable bonds is 14. The minimum absolute atomic E-state index is 0.0105. The average molecular weight is 627 g/mol. The molecular formula is C36H70O6Si. The molecule has 0 spiro atoms. The van der Waals surface area contributed by atoms with E-state index in [0.29, 0.717) is 30.1 Å². The van der Waals surface area contributed by atoms with Crippen molar-refractivity contribution < 1.29 is 28.5 Å². The lowest BCUT2D eigenvalue weighted by Crippen LogP contribution is -2.41. The van der Waals surface area contributed by atoms with Gasteiger partial charge in [-0.2, -0.15) is 0 Å². The fourth-order valence-corrected chi connectivity index (χ4v) is 6.25. The monoisotopic (exact) mass is 626 g/mol. The molecule has 6 nitrogen and oxygen atoms in total. The quantitative estimate of drug-likeness (QED) is 0.153. The number of hydrogen-bond acceptors (Lipinski definition) is 6. The summed E-state index contributed by atoms with van der Waals surface area (Å²) in [7, 11) is -1.71. The minimum atomic E-state index is -1.71. The van der Waals surface area contributed by atoms with Crippen molar-refractivity contribution in [3.05, 3.63) is 24.3 Å². The summed E-state index contributed by atoms with van der Waals surface area (Å²) < 4.78 is 30.5. The third kappa shape index (κ3) is 14.6. The van der Waals surface area contributed by atoms with E-state index in [-0.39, 0.29) is 36.1 Å². The highest BCUT2D eigenvalue weighted by atomic mass is 28.4. The fraction of sp³-hybridized carbons (Fsp3) is 0.889. The van der Waals surface area contributed by atoms with Crippen LogP contribution in [0.3, 0.4) is 0 Å². The third-order valence-corrected chi connectivity index (χ3v) is 13.2. The van der Waals surface area contributed by atoms with Crippen LogP contribution in [0.15, 0.2) is 24.3 Å². The number of ether oxygens (including phenoxy) is 4. The molecule has 2 heterocycles. The summed E-state index contributed by atoms with van der Waals surface area (Å²) >= 11 is 0. The number of aliphatic hydroxyl groups is 1. The second-order valence-electron chi connectivity index (χ2n) is 16.0. The van der Waals surface area contributed by atoms with Gasteiger partial charge >= 0.3 is 0 Å². The van der Waals surface area contributed by atoms with Crippen LogP contribution in [0.2, 0.25) is 18.1 Å². The van der Waals surface area contributed by atoms with Crippen molar-refractivity contribution in [1.82, 2.24) is 0 Å². The number of hydrogen-bond donors (Lipinski definition) is 1. The van der Waals surface area contributed by atoms with Gasteiger partial charge in [-0.05, 0) is 83.3 Å². The summed E-state index contributed by atoms with van der Waals surface area (Å²) in [5, 5.41) is 9.33. The second-order valence-corrected chi connectivity index (χ2v) is 20.8. The third-order valence-electron chi connectivity index (χ3n) is 8.66. The fourth-order valence-electron chi connectivity index (χ4n) is 5.19. The van der Waals surface area contributed by atoms with Crippen molar-refractivity contribution >= 4 is 8.32 Å². The van der Waals surface area contributed by atoms with E-state index in [4.69, 9.17) is 28.5 Å². The minimum Gasteiger partial charge on any atom is -0.417 e. The van der Waals surface area contributed by atoms with E-state index < -0.39 is 19.9 Å². The number of allylic oxidation sites excluding steroid dienone is 2. The summed E-state index contributed by atoms with van der Waals surface area (Å²) in [5.74, 6) is 0.977. The highest BCUT2D eigenvalue weighted by molar-refractivity contribution is 6.74. The van der Waals surface area contributed by atoms with Gasteiger partial charge in [-0.1, -0.05) is 86.6 Å². The Bertz CT molecular complexity index is 841. The molecule has 2 saturated heterocycles. The van der Waals surface area contributed by atoms with Crippen molar-refractivity contribution in [2.24, 2.45) is 23.7 Å². The highest BCUT2D eigenvalue weighted by Crippen LogP contribution is 2.38. The summed E-state index contributed by atoms with van der Waals surface area (Å²) in [6.45, 7) is 33.5. The molecular weight excluding hydrogens is 556 g/mol. The maximum atomic E-state index is 9.09. The van der Waals surface area contributed by atoms with Crippen LogP contribution in [-0.2, 0) is 23.4 Å². The first-order chi connectivity index (χ1) is 19.6. The van der Waals surface area contributed by atoms with Gasteiger partial charge in [-0.25, -0.2) is 0 Å². The Labute approximate surface area is 267 Å². The molecule has 43 heavy (non-hydrogen) atoms. The molecule has 2 unspecified atom stereocenters. The topological polar surface area (TPSA) is 66.4 Å². The zero-order chi connectivity index (χ0) is 33.2. The van der Waals surface area contributed by atoms with Gasteiger partial charge in [0.1, 0.15) is 0 Å². The van der Waals surface area contributed by atoms with Gasteiger partial charge in [0.05, 0.1) is 24.4 Å². The summed E-state index contributed by atoms with van der Waals surface area (Å²) in [5.41, 5.74) is 0. The standard InChI is InChI=1S/C21H42O3Si.C15H28O3/c1-16(2)12-11-13-17(3)19-18(23-21(7,8)24-19)14-15-22-25(9,10)20(4,5)6;1-11(2)7-6-8-12(3)14-13(9-10-16)17-15(4,5)18-14/h11,13,16-19H,12,14-15H2,1-10H3;6,8,11-14,16H,7,9-10H2,1-5H3/b13-11-;8-6-/t17?,18-,19+;12?,13-,14+/m00/s1. The molecule has 0 saturated carbocycles. The van der Waals surface area contributed by atoms with Gasteiger partial charge in [0.2, 0.25) is 0 Å². The molecule has 0 bridgehead atoms. The van der Waals surface area contributed by atoms with Crippen molar-refractivity contribution in [1.29, 1.82) is 0 Å². The van der Waals surface area contributed by atoms with Crippen molar-refractivity contribution in [2.75, 3.05) is 13.2 Å². The highest BCUT2D eigenvalue weighted by Gasteiger charge is 2.44. The van der Waals surface area contributed by atoms with Crippen molar-refractivity contribution in [2.45, 2.75) is 170 Å². The normalized spacial score (nSPS) is 27.3. The van der Waals surface area contributed by atoms with Crippen LogP contribution in [0.1, 0.15) is 116 Å². The Morgan fingerprint density at radius 3 is 1.47 bits per heavy atom. The maximum absolute atomic E-state index is 9.09. The molecule has 1 N–H and O–H groups in total. The van der Waals surface area contributed by atoms with E-state index in [1.165, 1.54) is 0 Å². The van der Waals surface area contributed by atoms with Gasteiger partial charge in [0.15, 0.2) is 19.9 Å². The van der Waals surface area contributed by atoms with Crippen LogP contribution >= 0.6 is 0 Å². The van der Waals surface area contributed by atoms with E-state index in [1.54, 1.807) is 0 Å². The first-order valence-corrected chi connectivity index (χ1v) is 19.8. The van der Waals surface area contributed by atoms with E-state index >= 15 is 0 Å². The Kier molecular flexibility index (Phi) is 16.4. The summed E-state index contributed by atoms with van der Waals surface area (Å²) in [4.78, 5) is 0. The molecule has 7 heteroatoms. The van der Waals surface area contributed by atoms with Crippen molar-refractivity contribution in [3.63, 3.8) is 0 Å². The van der Waals surface area contributed by atoms with Crippen LogP contribution in [0.5, 0.6) is 0 Å². The van der Waals surface area contributed by atoms with E-state index in [2.05, 4.69) is 99.7 Å². The predicted octanol–water partition coefficient (Wildman–Crippen LogP) is 9.28. The smallest absolute Gasteiger partial charge is 0.191 e. The molecule has 0 amide bonds. The lowest BCUT2D eigenvalue weighted by Gasteiger charge is -2.36. The molecule has 0 aromatic carbocycles. The van der Waals surface area contributed by atoms with E-state index in [0.717, 1.165) is 25.9 Å². The Balaban J connectivity index is 0.000000453. The van der Waals surface area contributed by atoms with E-state index in [1.807, 2.05) is 27.7 Å². The van der Waals surface area contributed by atoms with Crippen LogP contribution in [0.25, 0.3) is 0 Å². The molecule has 0 aromatic rings. The zero-order valence-corrected chi connectivity index (χ0v) is 31.7. The Morgan fingerprint density at radius 1 is 0.721 bits per heavy atom. The molecule has 0 aliphatic carbocycles. The number of aliphatic hydroxyl groups excluding tert-OH is 1. The summed E-state index contributed by atoms with van der Waals surface area (Å²) in [6, 6.07) is 0. The molecule has 2 aliphatic rings. The van der Waals surface area contributed by atoms with Gasteiger partial charge in [0.25, 0.3) is 0 Å². The largest absolute Gasteiger partial charge is 0.417 e. The van der Waals surface area contributed by atoms with Gasteiger partial charge < -0.3 is 28.5 Å². The molecule has 0 aromatic heterocycles. The Hall–Kier alpha value is -0.543. The lowest BCUT2D eigenvalue weighted by atomic mass is 9.96. The maximum Gasteiger partial charge on any atom is 0.191 e. The average Bonchev–Trinajstić information content (AvgIpc) is 3.32. The Morgan fingerprint density at radius 2 is 1.12 bits per heavy atom. The molecule has 2 aliphatic heterocycles. The zero-order valence-electron chi connectivity index (χ0n) is 30.7. The van der Waals surface area contributed by atoms with Crippen LogP contribution in [0.4, 0.5) is 0 Å². The predicted molar refractivity (Wildman–Crippen MR) is 183 cm³/mol.